The maximum absolute atomic E-state index is 5.36. The molecule has 1 heterocycles. The molecule has 0 bridgehead atoms. The third kappa shape index (κ3) is 3.44. The highest BCUT2D eigenvalue weighted by molar-refractivity contribution is 4.94. The zero-order valence-electron chi connectivity index (χ0n) is 9.76. The second kappa shape index (κ2) is 5.28. The predicted octanol–water partition coefficient (Wildman–Crippen LogP) is 1.43. The van der Waals surface area contributed by atoms with E-state index in [-0.39, 0.29) is 0 Å². The summed E-state index contributed by atoms with van der Waals surface area (Å²) in [6, 6.07) is 0. The molecule has 88 valence electrons. The number of methoxy groups -OCH3 is 1. The third-order valence-corrected chi connectivity index (χ3v) is 3.75. The molecule has 0 aromatic rings. The van der Waals surface area contributed by atoms with E-state index in [0.717, 1.165) is 32.3 Å². The first-order valence-corrected chi connectivity index (χ1v) is 6.12. The van der Waals surface area contributed by atoms with E-state index < -0.39 is 0 Å². The van der Waals surface area contributed by atoms with Crippen molar-refractivity contribution < 1.29 is 9.47 Å². The lowest BCUT2D eigenvalue weighted by molar-refractivity contribution is 0.169. The van der Waals surface area contributed by atoms with Gasteiger partial charge in [-0.05, 0) is 37.0 Å². The molecule has 0 aromatic heterocycles. The summed E-state index contributed by atoms with van der Waals surface area (Å²) in [5.74, 6) is 0.753. The van der Waals surface area contributed by atoms with Crippen LogP contribution in [0.5, 0.6) is 0 Å². The van der Waals surface area contributed by atoms with Gasteiger partial charge in [0.2, 0.25) is 0 Å². The standard InChI is InChI=1S/C12H23NO2/c1-14-7-5-12(3-4-12)10-13-8-11-2-6-15-9-11/h11,13H,2-10H2,1H3. The molecule has 1 saturated heterocycles. The van der Waals surface area contributed by atoms with Gasteiger partial charge in [-0.15, -0.1) is 0 Å². The molecule has 0 amide bonds. The number of ether oxygens (including phenoxy) is 2. The summed E-state index contributed by atoms with van der Waals surface area (Å²) >= 11 is 0. The van der Waals surface area contributed by atoms with E-state index in [4.69, 9.17) is 9.47 Å². The minimum Gasteiger partial charge on any atom is -0.385 e. The summed E-state index contributed by atoms with van der Waals surface area (Å²) in [5, 5.41) is 3.60. The molecule has 3 nitrogen and oxygen atoms in total. The average molecular weight is 213 g/mol. The van der Waals surface area contributed by atoms with E-state index in [1.165, 1.54) is 32.2 Å². The summed E-state index contributed by atoms with van der Waals surface area (Å²) < 4.78 is 10.5. The molecule has 1 N–H and O–H groups in total. The van der Waals surface area contributed by atoms with Crippen LogP contribution in [0.2, 0.25) is 0 Å². The van der Waals surface area contributed by atoms with Crippen LogP contribution in [-0.4, -0.2) is 40.0 Å². The van der Waals surface area contributed by atoms with Crippen LogP contribution in [0.25, 0.3) is 0 Å². The predicted molar refractivity (Wildman–Crippen MR) is 60.0 cm³/mol. The summed E-state index contributed by atoms with van der Waals surface area (Å²) in [4.78, 5) is 0. The monoisotopic (exact) mass is 213 g/mol. The molecule has 0 spiro atoms. The topological polar surface area (TPSA) is 30.5 Å². The molecule has 1 unspecified atom stereocenters. The van der Waals surface area contributed by atoms with Crippen molar-refractivity contribution in [3.63, 3.8) is 0 Å². The highest BCUT2D eigenvalue weighted by Gasteiger charge is 2.41. The van der Waals surface area contributed by atoms with Crippen LogP contribution >= 0.6 is 0 Å². The summed E-state index contributed by atoms with van der Waals surface area (Å²) in [6.07, 6.45) is 5.21. The number of nitrogens with one attached hydrogen (secondary N) is 1. The maximum Gasteiger partial charge on any atom is 0.0507 e. The van der Waals surface area contributed by atoms with Gasteiger partial charge in [0.15, 0.2) is 0 Å². The summed E-state index contributed by atoms with van der Waals surface area (Å²) in [6.45, 7) is 5.13. The van der Waals surface area contributed by atoms with Crippen LogP contribution in [0.1, 0.15) is 25.7 Å². The van der Waals surface area contributed by atoms with Gasteiger partial charge in [-0.1, -0.05) is 0 Å². The van der Waals surface area contributed by atoms with Crippen LogP contribution in [0, 0.1) is 11.3 Å². The first kappa shape index (κ1) is 11.4. The number of hydrogen-bond acceptors (Lipinski definition) is 3. The van der Waals surface area contributed by atoms with Gasteiger partial charge in [-0.25, -0.2) is 0 Å². The molecule has 2 aliphatic rings. The van der Waals surface area contributed by atoms with Gasteiger partial charge in [-0.2, -0.15) is 0 Å². The Balaban J connectivity index is 1.56. The lowest BCUT2D eigenvalue weighted by Crippen LogP contribution is -2.29. The lowest BCUT2D eigenvalue weighted by atomic mass is 10.0. The van der Waals surface area contributed by atoms with Gasteiger partial charge < -0.3 is 14.8 Å². The van der Waals surface area contributed by atoms with E-state index in [0.29, 0.717) is 5.41 Å². The largest absolute Gasteiger partial charge is 0.385 e. The van der Waals surface area contributed by atoms with E-state index in [9.17, 15) is 0 Å². The SMILES string of the molecule is COCCC1(CNCC2CCOC2)CC1. The van der Waals surface area contributed by atoms with Crippen LogP contribution in [-0.2, 0) is 9.47 Å². The minimum absolute atomic E-state index is 0.579. The average Bonchev–Trinajstić information content (AvgIpc) is 2.81. The number of hydrogen-bond donors (Lipinski definition) is 1. The van der Waals surface area contributed by atoms with Gasteiger partial charge >= 0.3 is 0 Å². The number of rotatable bonds is 7. The Bertz CT molecular complexity index is 186. The van der Waals surface area contributed by atoms with E-state index in [1.54, 1.807) is 7.11 Å². The van der Waals surface area contributed by atoms with E-state index >= 15 is 0 Å². The van der Waals surface area contributed by atoms with Gasteiger partial charge in [0.05, 0.1) is 6.61 Å². The van der Waals surface area contributed by atoms with Gasteiger partial charge in [0.25, 0.3) is 0 Å². The Morgan fingerprint density at radius 1 is 1.47 bits per heavy atom. The molecular weight excluding hydrogens is 190 g/mol. The second-order valence-electron chi connectivity index (χ2n) is 5.10. The molecule has 2 fully saturated rings. The fourth-order valence-corrected chi connectivity index (χ4v) is 2.30. The van der Waals surface area contributed by atoms with Gasteiger partial charge in [0.1, 0.15) is 0 Å². The second-order valence-corrected chi connectivity index (χ2v) is 5.10. The van der Waals surface area contributed by atoms with Crippen LogP contribution < -0.4 is 5.32 Å². The van der Waals surface area contributed by atoms with E-state index in [2.05, 4.69) is 5.32 Å². The first-order valence-electron chi connectivity index (χ1n) is 6.12. The lowest BCUT2D eigenvalue weighted by Gasteiger charge is -2.17. The fraction of sp³-hybridized carbons (Fsp3) is 1.00. The molecule has 1 atom stereocenters. The first-order chi connectivity index (χ1) is 7.35. The quantitative estimate of drug-likeness (QED) is 0.694. The Hall–Kier alpha value is -0.120. The highest BCUT2D eigenvalue weighted by Crippen LogP contribution is 2.48. The summed E-state index contributed by atoms with van der Waals surface area (Å²) in [5.41, 5.74) is 0.579. The molecule has 3 heteroatoms. The van der Waals surface area contributed by atoms with Gasteiger partial charge in [-0.3, -0.25) is 0 Å². The smallest absolute Gasteiger partial charge is 0.0507 e. The van der Waals surface area contributed by atoms with Crippen molar-refractivity contribution in [3.05, 3.63) is 0 Å². The molecular formula is C12H23NO2. The van der Waals surface area contributed by atoms with Crippen molar-refractivity contribution in [1.82, 2.24) is 5.32 Å². The normalized spacial score (nSPS) is 28.2. The maximum atomic E-state index is 5.36. The third-order valence-electron chi connectivity index (χ3n) is 3.75. The van der Waals surface area contributed by atoms with Gasteiger partial charge in [0, 0.05) is 33.4 Å². The highest BCUT2D eigenvalue weighted by atomic mass is 16.5. The minimum atomic E-state index is 0.579. The fourth-order valence-electron chi connectivity index (χ4n) is 2.30. The molecule has 1 saturated carbocycles. The Kier molecular flexibility index (Phi) is 4.00. The molecule has 1 aliphatic carbocycles. The zero-order chi connectivity index (χ0) is 10.6. The van der Waals surface area contributed by atoms with Crippen molar-refractivity contribution in [3.8, 4) is 0 Å². The Morgan fingerprint density at radius 2 is 2.33 bits per heavy atom. The van der Waals surface area contributed by atoms with Crippen molar-refractivity contribution in [2.45, 2.75) is 25.7 Å². The molecule has 15 heavy (non-hydrogen) atoms. The molecule has 0 aromatic carbocycles. The van der Waals surface area contributed by atoms with Crippen LogP contribution in [0.3, 0.4) is 0 Å². The van der Waals surface area contributed by atoms with Crippen molar-refractivity contribution >= 4 is 0 Å². The van der Waals surface area contributed by atoms with E-state index in [1.807, 2.05) is 0 Å². The zero-order valence-corrected chi connectivity index (χ0v) is 9.76. The van der Waals surface area contributed by atoms with Crippen molar-refractivity contribution in [1.29, 1.82) is 0 Å². The van der Waals surface area contributed by atoms with Crippen LogP contribution in [0.4, 0.5) is 0 Å². The van der Waals surface area contributed by atoms with Crippen LogP contribution in [0.15, 0.2) is 0 Å². The molecule has 0 radical (unpaired) electrons. The van der Waals surface area contributed by atoms with Crippen molar-refractivity contribution in [2.24, 2.45) is 11.3 Å². The van der Waals surface area contributed by atoms with Crippen molar-refractivity contribution in [2.75, 3.05) is 40.0 Å². The Morgan fingerprint density at radius 3 is 2.93 bits per heavy atom. The molecule has 2 rings (SSSR count). The molecule has 1 aliphatic heterocycles. The Labute approximate surface area is 92.5 Å². The summed E-state index contributed by atoms with van der Waals surface area (Å²) in [7, 11) is 1.79.